The zero-order valence-corrected chi connectivity index (χ0v) is 24.6. The number of benzene rings is 1. The summed E-state index contributed by atoms with van der Waals surface area (Å²) in [7, 11) is -1.32. The first-order valence-corrected chi connectivity index (χ1v) is 17.5. The number of carbonyl (C=O) groups excluding carboxylic acids is 1. The minimum atomic E-state index is -4.56. The van der Waals surface area contributed by atoms with E-state index in [-0.39, 0.29) is 24.4 Å². The highest BCUT2D eigenvalue weighted by molar-refractivity contribution is 6.76. The van der Waals surface area contributed by atoms with Crippen molar-refractivity contribution in [3.05, 3.63) is 54.5 Å². The number of aromatic nitrogens is 3. The molecule has 10 heteroatoms. The van der Waals surface area contributed by atoms with Crippen LogP contribution in [0.4, 0.5) is 13.2 Å². The minimum absolute atomic E-state index is 0.0235. The van der Waals surface area contributed by atoms with Gasteiger partial charge in [-0.05, 0) is 68.3 Å². The summed E-state index contributed by atoms with van der Waals surface area (Å²) >= 11 is 0. The standard InChI is InChI=1S/C30H38F3N3O3Si/c1-21(37)16-22-6-5-7-26(17-22)39-25-11-8-23(9-12-25)24-10-13-27(34-18-24)29-35-28(30(31,32)33)19-36(29)20-38-14-15-40(2,3)4/h8-13,18-19,22,26H,5-7,14-17,20H2,1-4H3/t22-,26-/m1/s1. The summed E-state index contributed by atoms with van der Waals surface area (Å²) in [6.45, 7) is 8.76. The lowest BCUT2D eigenvalue weighted by atomic mass is 9.84. The summed E-state index contributed by atoms with van der Waals surface area (Å²) in [5.74, 6) is 1.51. The molecule has 6 nitrogen and oxygen atoms in total. The topological polar surface area (TPSA) is 66.2 Å². The number of alkyl halides is 3. The number of rotatable bonds is 11. The molecule has 0 bridgehead atoms. The van der Waals surface area contributed by atoms with E-state index >= 15 is 0 Å². The molecule has 1 fully saturated rings. The number of halogens is 3. The van der Waals surface area contributed by atoms with Crippen molar-refractivity contribution in [2.45, 2.75) is 83.7 Å². The van der Waals surface area contributed by atoms with Crippen LogP contribution in [0.3, 0.4) is 0 Å². The average Bonchev–Trinajstić information content (AvgIpc) is 3.31. The van der Waals surface area contributed by atoms with Crippen LogP contribution in [-0.4, -0.2) is 41.1 Å². The lowest BCUT2D eigenvalue weighted by molar-refractivity contribution is -0.141. The Hall–Kier alpha value is -2.98. The molecule has 1 aliphatic rings. The molecule has 0 saturated heterocycles. The molecule has 1 saturated carbocycles. The van der Waals surface area contributed by atoms with Gasteiger partial charge in [0, 0.05) is 39.1 Å². The fraction of sp³-hybridized carbons (Fsp3) is 0.500. The van der Waals surface area contributed by atoms with E-state index in [0.717, 1.165) is 54.8 Å². The van der Waals surface area contributed by atoms with Crippen molar-refractivity contribution in [3.8, 4) is 28.4 Å². The molecule has 40 heavy (non-hydrogen) atoms. The molecule has 2 heterocycles. The van der Waals surface area contributed by atoms with Gasteiger partial charge in [0.15, 0.2) is 11.5 Å². The summed E-state index contributed by atoms with van der Waals surface area (Å²) in [4.78, 5) is 19.8. The number of imidazole rings is 1. The second-order valence-electron chi connectivity index (χ2n) is 11.9. The van der Waals surface area contributed by atoms with Crippen molar-refractivity contribution >= 4 is 13.9 Å². The van der Waals surface area contributed by atoms with Gasteiger partial charge < -0.3 is 18.8 Å². The van der Waals surface area contributed by atoms with Crippen LogP contribution in [0.5, 0.6) is 5.75 Å². The van der Waals surface area contributed by atoms with Gasteiger partial charge >= 0.3 is 6.18 Å². The van der Waals surface area contributed by atoms with Crippen molar-refractivity contribution in [3.63, 3.8) is 0 Å². The minimum Gasteiger partial charge on any atom is -0.490 e. The van der Waals surface area contributed by atoms with Gasteiger partial charge in [-0.25, -0.2) is 4.98 Å². The van der Waals surface area contributed by atoms with Gasteiger partial charge in [0.25, 0.3) is 0 Å². The predicted molar refractivity (Wildman–Crippen MR) is 152 cm³/mol. The predicted octanol–water partition coefficient (Wildman–Crippen LogP) is 7.86. The first-order valence-electron chi connectivity index (χ1n) is 13.8. The Morgan fingerprint density at radius 1 is 1.07 bits per heavy atom. The third-order valence-corrected chi connectivity index (χ3v) is 8.79. The zero-order chi connectivity index (χ0) is 28.9. The number of pyridine rings is 1. The van der Waals surface area contributed by atoms with Crippen LogP contribution in [0.1, 0.15) is 44.7 Å². The van der Waals surface area contributed by atoms with E-state index < -0.39 is 19.9 Å². The van der Waals surface area contributed by atoms with Crippen LogP contribution in [0.15, 0.2) is 48.8 Å². The van der Waals surface area contributed by atoms with Gasteiger partial charge in [0.05, 0.1) is 6.10 Å². The summed E-state index contributed by atoms with van der Waals surface area (Å²) in [5.41, 5.74) is 1.11. The maximum atomic E-state index is 13.4. The first-order chi connectivity index (χ1) is 18.9. The number of hydrogen-bond donors (Lipinski definition) is 0. The van der Waals surface area contributed by atoms with Crippen molar-refractivity contribution < 1.29 is 27.4 Å². The molecule has 2 aromatic heterocycles. The molecular formula is C30H38F3N3O3Si. The zero-order valence-electron chi connectivity index (χ0n) is 23.6. The van der Waals surface area contributed by atoms with Gasteiger partial charge in [-0.15, -0.1) is 0 Å². The second-order valence-corrected chi connectivity index (χ2v) is 17.5. The summed E-state index contributed by atoms with van der Waals surface area (Å²) in [5, 5.41) is 0. The summed E-state index contributed by atoms with van der Waals surface area (Å²) in [6, 6.07) is 12.1. The largest absolute Gasteiger partial charge is 0.490 e. The number of hydrogen-bond acceptors (Lipinski definition) is 5. The maximum absolute atomic E-state index is 13.4. The van der Waals surface area contributed by atoms with Crippen LogP contribution in [0.2, 0.25) is 25.7 Å². The molecule has 0 aliphatic heterocycles. The van der Waals surface area contributed by atoms with Gasteiger partial charge in [-0.3, -0.25) is 4.98 Å². The first kappa shape index (κ1) is 30.0. The molecule has 0 amide bonds. The number of Topliss-reactive ketones (excluding diaryl/α,β-unsaturated/α-hetero) is 1. The van der Waals surface area contributed by atoms with E-state index in [0.29, 0.717) is 24.6 Å². The molecule has 0 spiro atoms. The monoisotopic (exact) mass is 573 g/mol. The van der Waals surface area contributed by atoms with Crippen molar-refractivity contribution in [2.24, 2.45) is 5.92 Å². The van der Waals surface area contributed by atoms with Gasteiger partial charge in [-0.2, -0.15) is 13.2 Å². The highest BCUT2D eigenvalue weighted by Crippen LogP contribution is 2.33. The Morgan fingerprint density at radius 3 is 2.42 bits per heavy atom. The Labute approximate surface area is 235 Å². The number of carbonyl (C=O) groups is 1. The van der Waals surface area contributed by atoms with Crippen LogP contribution in [-0.2, 0) is 22.4 Å². The molecule has 1 aromatic carbocycles. The van der Waals surface area contributed by atoms with E-state index in [4.69, 9.17) is 9.47 Å². The molecule has 4 rings (SSSR count). The summed E-state index contributed by atoms with van der Waals surface area (Å²) in [6.07, 6.45) is 2.79. The van der Waals surface area contributed by atoms with Crippen molar-refractivity contribution in [1.29, 1.82) is 0 Å². The van der Waals surface area contributed by atoms with Crippen molar-refractivity contribution in [2.75, 3.05) is 6.61 Å². The third-order valence-electron chi connectivity index (χ3n) is 7.09. The van der Waals surface area contributed by atoms with Gasteiger partial charge in [-0.1, -0.05) is 37.8 Å². The molecule has 2 atom stereocenters. The fourth-order valence-electron chi connectivity index (χ4n) is 4.95. The van der Waals surface area contributed by atoms with Gasteiger partial charge in [0.2, 0.25) is 0 Å². The van der Waals surface area contributed by atoms with Crippen molar-refractivity contribution in [1.82, 2.24) is 14.5 Å². The molecule has 0 unspecified atom stereocenters. The molecular weight excluding hydrogens is 535 g/mol. The normalized spacial score (nSPS) is 18.1. The highest BCUT2D eigenvalue weighted by atomic mass is 28.3. The molecule has 216 valence electrons. The number of ketones is 1. The van der Waals surface area contributed by atoms with Crippen LogP contribution < -0.4 is 4.74 Å². The van der Waals surface area contributed by atoms with E-state index in [1.165, 1.54) is 4.57 Å². The Morgan fingerprint density at radius 2 is 1.80 bits per heavy atom. The number of nitrogens with zero attached hydrogens (tertiary/aromatic N) is 3. The van der Waals surface area contributed by atoms with Crippen LogP contribution >= 0.6 is 0 Å². The highest BCUT2D eigenvalue weighted by Gasteiger charge is 2.35. The van der Waals surface area contributed by atoms with E-state index in [1.807, 2.05) is 30.3 Å². The Bertz CT molecular complexity index is 1270. The lowest BCUT2D eigenvalue weighted by Crippen LogP contribution is -2.26. The lowest BCUT2D eigenvalue weighted by Gasteiger charge is -2.29. The smallest absolute Gasteiger partial charge is 0.434 e. The SMILES string of the molecule is CC(=O)C[C@H]1CCC[C@@H](Oc2ccc(-c3ccc(-c4nc(C(F)(F)F)cn4COCC[Si](C)(C)C)nc3)cc2)C1. The van der Waals surface area contributed by atoms with Crippen LogP contribution in [0, 0.1) is 5.92 Å². The van der Waals surface area contributed by atoms with Crippen LogP contribution in [0.25, 0.3) is 22.6 Å². The molecule has 3 aromatic rings. The third kappa shape index (κ3) is 8.51. The quantitative estimate of drug-likeness (QED) is 0.173. The molecule has 1 aliphatic carbocycles. The average molecular weight is 574 g/mol. The van der Waals surface area contributed by atoms with E-state index in [9.17, 15) is 18.0 Å². The Kier molecular flexibility index (Phi) is 9.51. The molecule has 0 radical (unpaired) electrons. The molecule has 0 N–H and O–H groups in total. The van der Waals surface area contributed by atoms with E-state index in [2.05, 4.69) is 29.6 Å². The Balaban J connectivity index is 1.43. The number of ether oxygens (including phenoxy) is 2. The summed E-state index contributed by atoms with van der Waals surface area (Å²) < 4.78 is 53.5. The fourth-order valence-corrected chi connectivity index (χ4v) is 5.71. The second kappa shape index (κ2) is 12.7. The maximum Gasteiger partial charge on any atom is 0.434 e. The van der Waals surface area contributed by atoms with E-state index in [1.54, 1.807) is 19.2 Å². The van der Waals surface area contributed by atoms with Gasteiger partial charge in [0.1, 0.15) is 24.0 Å².